The highest BCUT2D eigenvalue weighted by molar-refractivity contribution is 6.22. The highest BCUT2D eigenvalue weighted by Crippen LogP contribution is 2.27. The second-order valence-corrected chi connectivity index (χ2v) is 6.73. The third-order valence-electron chi connectivity index (χ3n) is 4.79. The van der Waals surface area contributed by atoms with Gasteiger partial charge in [-0.15, -0.1) is 0 Å². The molecule has 0 radical (unpaired) electrons. The minimum atomic E-state index is -0.622. The Kier molecular flexibility index (Phi) is 7.65. The summed E-state index contributed by atoms with van der Waals surface area (Å²) in [7, 11) is 4.55. The van der Waals surface area contributed by atoms with Crippen LogP contribution in [0.4, 0.5) is 0 Å². The zero-order valence-corrected chi connectivity index (χ0v) is 18.2. The van der Waals surface area contributed by atoms with Gasteiger partial charge in [-0.05, 0) is 29.8 Å². The van der Waals surface area contributed by atoms with Crippen LogP contribution in [0.25, 0.3) is 11.6 Å². The van der Waals surface area contributed by atoms with Crippen LogP contribution in [0, 0.1) is 0 Å². The van der Waals surface area contributed by atoms with Crippen LogP contribution in [0.5, 0.6) is 17.2 Å². The molecule has 3 aromatic carbocycles. The van der Waals surface area contributed by atoms with E-state index in [0.717, 1.165) is 0 Å². The lowest BCUT2D eigenvalue weighted by molar-refractivity contribution is -0.135. The molecule has 6 heteroatoms. The van der Waals surface area contributed by atoms with Crippen molar-refractivity contribution in [1.29, 1.82) is 0 Å². The SMILES string of the molecule is COc1ccc(C(=O)COC(=O)C(=Cc2ccccc2OC)c2ccccc2)c(OC)c1. The maximum Gasteiger partial charge on any atom is 0.339 e. The van der Waals surface area contributed by atoms with Gasteiger partial charge in [-0.1, -0.05) is 48.5 Å². The first kappa shape index (κ1) is 22.6. The number of methoxy groups -OCH3 is 3. The second kappa shape index (κ2) is 10.8. The van der Waals surface area contributed by atoms with Gasteiger partial charge in [0.05, 0.1) is 32.5 Å². The van der Waals surface area contributed by atoms with Crippen LogP contribution in [0.3, 0.4) is 0 Å². The summed E-state index contributed by atoms with van der Waals surface area (Å²) in [5.74, 6) is 0.512. The molecule has 0 heterocycles. The maximum atomic E-state index is 13.0. The average molecular weight is 432 g/mol. The van der Waals surface area contributed by atoms with Gasteiger partial charge in [0, 0.05) is 11.6 Å². The minimum absolute atomic E-state index is 0.302. The Labute approximate surface area is 187 Å². The molecule has 0 atom stereocenters. The van der Waals surface area contributed by atoms with E-state index in [0.29, 0.717) is 39.5 Å². The van der Waals surface area contributed by atoms with Crippen LogP contribution in [0.1, 0.15) is 21.5 Å². The molecular weight excluding hydrogens is 408 g/mol. The Morgan fingerprint density at radius 3 is 2.16 bits per heavy atom. The molecule has 6 nitrogen and oxygen atoms in total. The highest BCUT2D eigenvalue weighted by Gasteiger charge is 2.19. The summed E-state index contributed by atoms with van der Waals surface area (Å²) < 4.78 is 21.2. The average Bonchev–Trinajstić information content (AvgIpc) is 2.85. The van der Waals surface area contributed by atoms with E-state index in [4.69, 9.17) is 18.9 Å². The van der Waals surface area contributed by atoms with Crippen LogP contribution in [-0.4, -0.2) is 39.7 Å². The summed E-state index contributed by atoms with van der Waals surface area (Å²) in [5, 5.41) is 0. The lowest BCUT2D eigenvalue weighted by atomic mass is 10.0. The number of Topliss-reactive ketones (excluding diaryl/α,β-unsaturated/α-hetero) is 1. The van der Waals surface area contributed by atoms with Crippen molar-refractivity contribution >= 4 is 23.4 Å². The number of hydrogen-bond donors (Lipinski definition) is 0. The molecule has 164 valence electrons. The third kappa shape index (κ3) is 5.35. The highest BCUT2D eigenvalue weighted by atomic mass is 16.5. The van der Waals surface area contributed by atoms with Gasteiger partial charge in [0.1, 0.15) is 17.2 Å². The molecule has 0 aliphatic carbocycles. The number of esters is 1. The molecule has 3 rings (SSSR count). The molecule has 0 amide bonds. The van der Waals surface area contributed by atoms with Gasteiger partial charge in [-0.3, -0.25) is 4.79 Å². The monoisotopic (exact) mass is 432 g/mol. The van der Waals surface area contributed by atoms with Crippen LogP contribution >= 0.6 is 0 Å². The van der Waals surface area contributed by atoms with Gasteiger partial charge in [0.15, 0.2) is 6.61 Å². The zero-order valence-electron chi connectivity index (χ0n) is 18.2. The van der Waals surface area contributed by atoms with Crippen molar-refractivity contribution < 1.29 is 28.5 Å². The summed E-state index contributed by atoms with van der Waals surface area (Å²) in [6.45, 7) is -0.433. The van der Waals surface area contributed by atoms with Crippen LogP contribution in [0.2, 0.25) is 0 Å². The van der Waals surface area contributed by atoms with E-state index in [1.54, 1.807) is 49.6 Å². The molecule has 0 saturated carbocycles. The minimum Gasteiger partial charge on any atom is -0.497 e. The van der Waals surface area contributed by atoms with E-state index >= 15 is 0 Å². The molecule has 32 heavy (non-hydrogen) atoms. The number of ether oxygens (including phenoxy) is 4. The molecule has 0 N–H and O–H groups in total. The summed E-state index contributed by atoms with van der Waals surface area (Å²) in [6.07, 6.45) is 1.69. The molecule has 0 bridgehead atoms. The molecule has 0 aliphatic heterocycles. The Balaban J connectivity index is 1.85. The second-order valence-electron chi connectivity index (χ2n) is 6.73. The fourth-order valence-corrected chi connectivity index (χ4v) is 3.13. The smallest absolute Gasteiger partial charge is 0.339 e. The van der Waals surface area contributed by atoms with E-state index in [1.807, 2.05) is 36.4 Å². The van der Waals surface area contributed by atoms with E-state index in [-0.39, 0.29) is 5.78 Å². The standard InChI is InChI=1S/C26H24O6/c1-29-20-13-14-21(25(16-20)31-3)23(27)17-32-26(28)22(18-9-5-4-6-10-18)15-19-11-7-8-12-24(19)30-2/h4-16H,17H2,1-3H3. The number of rotatable bonds is 9. The number of benzene rings is 3. The first-order valence-electron chi connectivity index (χ1n) is 9.90. The fraction of sp³-hybridized carbons (Fsp3) is 0.154. The van der Waals surface area contributed by atoms with E-state index in [1.165, 1.54) is 14.2 Å². The number of carbonyl (C=O) groups excluding carboxylic acids is 2. The van der Waals surface area contributed by atoms with Crippen molar-refractivity contribution in [2.75, 3.05) is 27.9 Å². The molecule has 0 spiro atoms. The number of ketones is 1. The Hall–Kier alpha value is -4.06. The largest absolute Gasteiger partial charge is 0.497 e. The van der Waals surface area contributed by atoms with Crippen LogP contribution < -0.4 is 14.2 Å². The van der Waals surface area contributed by atoms with Gasteiger partial charge < -0.3 is 18.9 Å². The summed E-state index contributed by atoms with van der Waals surface area (Å²) in [5.41, 5.74) is 1.99. The maximum absolute atomic E-state index is 13.0. The van der Waals surface area contributed by atoms with Crippen molar-refractivity contribution in [2.24, 2.45) is 0 Å². The number of para-hydroxylation sites is 1. The van der Waals surface area contributed by atoms with Gasteiger partial charge in [-0.25, -0.2) is 4.79 Å². The van der Waals surface area contributed by atoms with Crippen molar-refractivity contribution in [1.82, 2.24) is 0 Å². The first-order chi connectivity index (χ1) is 15.6. The summed E-state index contributed by atoms with van der Waals surface area (Å²) in [6, 6.07) is 21.3. The summed E-state index contributed by atoms with van der Waals surface area (Å²) in [4.78, 5) is 25.7. The van der Waals surface area contributed by atoms with Crippen molar-refractivity contribution in [3.63, 3.8) is 0 Å². The number of hydrogen-bond acceptors (Lipinski definition) is 6. The molecule has 0 fully saturated rings. The predicted octanol–water partition coefficient (Wildman–Crippen LogP) is 4.68. The first-order valence-corrected chi connectivity index (χ1v) is 9.90. The summed E-state index contributed by atoms with van der Waals surface area (Å²) >= 11 is 0. The van der Waals surface area contributed by atoms with E-state index in [9.17, 15) is 9.59 Å². The molecule has 0 aliphatic rings. The fourth-order valence-electron chi connectivity index (χ4n) is 3.13. The topological polar surface area (TPSA) is 71.1 Å². The van der Waals surface area contributed by atoms with Crippen molar-refractivity contribution in [3.05, 3.63) is 89.5 Å². The lowest BCUT2D eigenvalue weighted by Gasteiger charge is -2.12. The Morgan fingerprint density at radius 1 is 0.781 bits per heavy atom. The molecule has 0 aromatic heterocycles. The van der Waals surface area contributed by atoms with E-state index in [2.05, 4.69) is 0 Å². The van der Waals surface area contributed by atoms with Crippen LogP contribution in [0.15, 0.2) is 72.8 Å². The van der Waals surface area contributed by atoms with Crippen molar-refractivity contribution in [2.45, 2.75) is 0 Å². The van der Waals surface area contributed by atoms with Gasteiger partial charge >= 0.3 is 5.97 Å². The number of carbonyl (C=O) groups is 2. The Bertz CT molecular complexity index is 1120. The Morgan fingerprint density at radius 2 is 1.47 bits per heavy atom. The molecule has 0 saturated heterocycles. The zero-order chi connectivity index (χ0) is 22.9. The molecule has 3 aromatic rings. The lowest BCUT2D eigenvalue weighted by Crippen LogP contribution is -2.16. The van der Waals surface area contributed by atoms with E-state index < -0.39 is 12.6 Å². The van der Waals surface area contributed by atoms with Gasteiger partial charge in [0.25, 0.3) is 0 Å². The van der Waals surface area contributed by atoms with Crippen LogP contribution in [-0.2, 0) is 9.53 Å². The van der Waals surface area contributed by atoms with Crippen molar-refractivity contribution in [3.8, 4) is 17.2 Å². The molecule has 0 unspecified atom stereocenters. The normalized spacial score (nSPS) is 10.9. The van der Waals surface area contributed by atoms with Gasteiger partial charge in [-0.2, -0.15) is 0 Å². The predicted molar refractivity (Wildman–Crippen MR) is 122 cm³/mol. The third-order valence-corrected chi connectivity index (χ3v) is 4.79. The van der Waals surface area contributed by atoms with Gasteiger partial charge in [0.2, 0.25) is 5.78 Å². The quantitative estimate of drug-likeness (QED) is 0.212. The molecular formula is C26H24O6.